The van der Waals surface area contributed by atoms with E-state index in [1.807, 2.05) is 71.4 Å². The van der Waals surface area contributed by atoms with Crippen LogP contribution in [-0.4, -0.2) is 32.3 Å². The molecule has 0 unspecified atom stereocenters. The molecule has 6 nitrogen and oxygen atoms in total. The standard InChI is InChI=1S/C24H19N3O3S/c28-22(25-19-13-11-18(12-14-19)23(29)30)16-31-24-26-21(17-7-3-1-4-8-17)15-27(24)20-9-5-2-6-10-20/h1-15H,16H2,(H,25,28)(H,29,30). The first-order chi connectivity index (χ1) is 15.1. The second-order valence-electron chi connectivity index (χ2n) is 6.70. The van der Waals surface area contributed by atoms with Crippen molar-refractivity contribution in [2.75, 3.05) is 11.1 Å². The van der Waals surface area contributed by atoms with Gasteiger partial charge in [-0.05, 0) is 36.4 Å². The first-order valence-corrected chi connectivity index (χ1v) is 10.5. The van der Waals surface area contributed by atoms with E-state index in [1.54, 1.807) is 12.1 Å². The lowest BCUT2D eigenvalue weighted by molar-refractivity contribution is -0.113. The van der Waals surface area contributed by atoms with Crippen molar-refractivity contribution in [2.24, 2.45) is 0 Å². The van der Waals surface area contributed by atoms with Gasteiger partial charge in [-0.15, -0.1) is 0 Å². The van der Waals surface area contributed by atoms with Crippen LogP contribution in [0.1, 0.15) is 10.4 Å². The van der Waals surface area contributed by atoms with E-state index in [0.717, 1.165) is 16.9 Å². The largest absolute Gasteiger partial charge is 0.478 e. The molecule has 1 aromatic heterocycles. The highest BCUT2D eigenvalue weighted by atomic mass is 32.2. The van der Waals surface area contributed by atoms with E-state index in [1.165, 1.54) is 23.9 Å². The molecular formula is C24H19N3O3S. The molecule has 0 spiro atoms. The van der Waals surface area contributed by atoms with Gasteiger partial charge in [-0.1, -0.05) is 60.3 Å². The number of carboxylic acid groups (broad SMARTS) is 1. The van der Waals surface area contributed by atoms with Crippen LogP contribution in [0.4, 0.5) is 5.69 Å². The molecule has 7 heteroatoms. The molecule has 4 rings (SSSR count). The number of nitrogens with zero attached hydrogens (tertiary/aromatic N) is 2. The van der Waals surface area contributed by atoms with E-state index in [-0.39, 0.29) is 17.2 Å². The van der Waals surface area contributed by atoms with E-state index in [9.17, 15) is 9.59 Å². The average molecular weight is 430 g/mol. The Morgan fingerprint density at radius 3 is 2.19 bits per heavy atom. The van der Waals surface area contributed by atoms with Crippen LogP contribution in [0.2, 0.25) is 0 Å². The maximum absolute atomic E-state index is 12.4. The number of aromatic nitrogens is 2. The van der Waals surface area contributed by atoms with Crippen molar-refractivity contribution >= 4 is 29.3 Å². The van der Waals surface area contributed by atoms with Gasteiger partial charge < -0.3 is 10.4 Å². The Kier molecular flexibility index (Phi) is 6.14. The first kappa shape index (κ1) is 20.4. The molecule has 0 aliphatic carbocycles. The van der Waals surface area contributed by atoms with Crippen molar-refractivity contribution in [3.8, 4) is 16.9 Å². The highest BCUT2D eigenvalue weighted by molar-refractivity contribution is 7.99. The van der Waals surface area contributed by atoms with Gasteiger partial charge in [0.2, 0.25) is 5.91 Å². The summed E-state index contributed by atoms with van der Waals surface area (Å²) in [5.41, 5.74) is 3.51. The molecule has 4 aromatic rings. The van der Waals surface area contributed by atoms with Crippen molar-refractivity contribution < 1.29 is 14.7 Å². The van der Waals surface area contributed by atoms with Crippen LogP contribution in [0, 0.1) is 0 Å². The van der Waals surface area contributed by atoms with Gasteiger partial charge in [0.1, 0.15) is 0 Å². The minimum absolute atomic E-state index is 0.165. The molecule has 31 heavy (non-hydrogen) atoms. The molecule has 0 radical (unpaired) electrons. The number of rotatable bonds is 7. The number of nitrogens with one attached hydrogen (secondary N) is 1. The minimum atomic E-state index is -1.00. The Morgan fingerprint density at radius 2 is 1.55 bits per heavy atom. The van der Waals surface area contributed by atoms with E-state index in [4.69, 9.17) is 10.1 Å². The number of anilines is 1. The van der Waals surface area contributed by atoms with Crippen molar-refractivity contribution in [1.82, 2.24) is 9.55 Å². The lowest BCUT2D eigenvalue weighted by Crippen LogP contribution is -2.14. The molecule has 0 aliphatic rings. The van der Waals surface area contributed by atoms with E-state index in [0.29, 0.717) is 10.8 Å². The van der Waals surface area contributed by atoms with E-state index < -0.39 is 5.97 Å². The summed E-state index contributed by atoms with van der Waals surface area (Å²) in [6.45, 7) is 0. The summed E-state index contributed by atoms with van der Waals surface area (Å²) in [6.07, 6.45) is 1.97. The van der Waals surface area contributed by atoms with Gasteiger partial charge in [-0.25, -0.2) is 9.78 Å². The SMILES string of the molecule is O=C(CSc1nc(-c2ccccc2)cn1-c1ccccc1)Nc1ccc(C(=O)O)cc1. The number of imidazole rings is 1. The maximum atomic E-state index is 12.4. The molecular weight excluding hydrogens is 410 g/mol. The minimum Gasteiger partial charge on any atom is -0.478 e. The summed E-state index contributed by atoms with van der Waals surface area (Å²) < 4.78 is 1.97. The number of benzene rings is 3. The molecule has 0 fully saturated rings. The third-order valence-corrected chi connectivity index (χ3v) is 5.48. The fraction of sp³-hybridized carbons (Fsp3) is 0.0417. The molecule has 0 saturated carbocycles. The Labute approximate surface area is 183 Å². The Balaban J connectivity index is 1.51. The fourth-order valence-corrected chi connectivity index (χ4v) is 3.80. The van der Waals surface area contributed by atoms with Gasteiger partial charge in [-0.2, -0.15) is 0 Å². The number of thioether (sulfide) groups is 1. The summed E-state index contributed by atoms with van der Waals surface area (Å²) in [5, 5.41) is 12.5. The zero-order valence-corrected chi connectivity index (χ0v) is 17.3. The van der Waals surface area contributed by atoms with Gasteiger partial charge in [-0.3, -0.25) is 9.36 Å². The number of amides is 1. The van der Waals surface area contributed by atoms with Crippen LogP contribution in [0.5, 0.6) is 0 Å². The molecule has 0 aliphatic heterocycles. The number of hydrogen-bond donors (Lipinski definition) is 2. The third kappa shape index (κ3) is 5.02. The maximum Gasteiger partial charge on any atom is 0.335 e. The summed E-state index contributed by atoms with van der Waals surface area (Å²) in [7, 11) is 0. The molecule has 0 atom stereocenters. The van der Waals surface area contributed by atoms with E-state index >= 15 is 0 Å². The van der Waals surface area contributed by atoms with Gasteiger partial charge >= 0.3 is 5.97 Å². The highest BCUT2D eigenvalue weighted by Gasteiger charge is 2.14. The average Bonchev–Trinajstić information content (AvgIpc) is 3.24. The quantitative estimate of drug-likeness (QED) is 0.405. The van der Waals surface area contributed by atoms with Gasteiger partial charge in [0.25, 0.3) is 0 Å². The van der Waals surface area contributed by atoms with Crippen molar-refractivity contribution in [2.45, 2.75) is 5.16 Å². The molecule has 154 valence electrons. The molecule has 1 heterocycles. The van der Waals surface area contributed by atoms with Gasteiger partial charge in [0.15, 0.2) is 5.16 Å². The second-order valence-corrected chi connectivity index (χ2v) is 7.64. The number of carboxylic acids is 1. The zero-order chi connectivity index (χ0) is 21.6. The van der Waals surface area contributed by atoms with E-state index in [2.05, 4.69) is 5.32 Å². The Hall–Kier alpha value is -3.84. The van der Waals surface area contributed by atoms with Crippen molar-refractivity contribution in [3.63, 3.8) is 0 Å². The lowest BCUT2D eigenvalue weighted by atomic mass is 10.2. The molecule has 3 aromatic carbocycles. The number of carbonyl (C=O) groups excluding carboxylic acids is 1. The predicted molar refractivity (Wildman–Crippen MR) is 122 cm³/mol. The van der Waals surface area contributed by atoms with Gasteiger partial charge in [0, 0.05) is 23.1 Å². The first-order valence-electron chi connectivity index (χ1n) is 9.56. The summed E-state index contributed by atoms with van der Waals surface area (Å²) >= 11 is 1.34. The van der Waals surface area contributed by atoms with Crippen molar-refractivity contribution in [1.29, 1.82) is 0 Å². The van der Waals surface area contributed by atoms with Crippen LogP contribution >= 0.6 is 11.8 Å². The van der Waals surface area contributed by atoms with Crippen LogP contribution in [0.15, 0.2) is 96.3 Å². The lowest BCUT2D eigenvalue weighted by Gasteiger charge is -2.08. The number of carbonyl (C=O) groups is 2. The second kappa shape index (κ2) is 9.32. The molecule has 2 N–H and O–H groups in total. The Morgan fingerprint density at radius 1 is 0.903 bits per heavy atom. The van der Waals surface area contributed by atoms with Gasteiger partial charge in [0.05, 0.1) is 17.0 Å². The number of aromatic carboxylic acids is 1. The summed E-state index contributed by atoms with van der Waals surface area (Å²) in [6, 6.07) is 25.8. The number of para-hydroxylation sites is 1. The molecule has 1 amide bonds. The summed E-state index contributed by atoms with van der Waals surface area (Å²) in [4.78, 5) is 28.1. The summed E-state index contributed by atoms with van der Waals surface area (Å²) in [5.74, 6) is -1.04. The smallest absolute Gasteiger partial charge is 0.335 e. The monoisotopic (exact) mass is 429 g/mol. The number of hydrogen-bond acceptors (Lipinski definition) is 4. The highest BCUT2D eigenvalue weighted by Crippen LogP contribution is 2.27. The topological polar surface area (TPSA) is 84.2 Å². The van der Waals surface area contributed by atoms with Crippen LogP contribution in [-0.2, 0) is 4.79 Å². The zero-order valence-electron chi connectivity index (χ0n) is 16.4. The normalized spacial score (nSPS) is 10.6. The third-order valence-electron chi connectivity index (χ3n) is 4.53. The van der Waals surface area contributed by atoms with Crippen LogP contribution in [0.3, 0.4) is 0 Å². The molecule has 0 saturated heterocycles. The fourth-order valence-electron chi connectivity index (χ4n) is 3.01. The van der Waals surface area contributed by atoms with Crippen LogP contribution in [0.25, 0.3) is 16.9 Å². The van der Waals surface area contributed by atoms with Crippen LogP contribution < -0.4 is 5.32 Å². The molecule has 0 bridgehead atoms. The predicted octanol–water partition coefficient (Wildman–Crippen LogP) is 4.97. The Bertz CT molecular complexity index is 1190. The van der Waals surface area contributed by atoms with Crippen molar-refractivity contribution in [3.05, 3.63) is 96.7 Å².